The van der Waals surface area contributed by atoms with E-state index in [4.69, 9.17) is 0 Å². The smallest absolute Gasteiger partial charge is 0.234 e. The van der Waals surface area contributed by atoms with E-state index >= 15 is 0 Å². The number of carbonyl (C=O) groups excluding carboxylic acids is 2. The van der Waals surface area contributed by atoms with E-state index < -0.39 is 0 Å². The molecular weight excluding hydrogens is 268 g/mol. The minimum atomic E-state index is 0.101. The fourth-order valence-corrected chi connectivity index (χ4v) is 2.44. The highest BCUT2D eigenvalue weighted by molar-refractivity contribution is 5.79. The summed E-state index contributed by atoms with van der Waals surface area (Å²) in [5.74, 6) is 0.241. The number of piperazine rings is 1. The number of nitrogens with zero attached hydrogens (tertiary/aromatic N) is 2. The molecule has 1 atom stereocenters. The highest BCUT2D eigenvalue weighted by atomic mass is 16.2. The molecular formula is C15H28N4O2. The van der Waals surface area contributed by atoms with Gasteiger partial charge in [-0.2, -0.15) is 0 Å². The van der Waals surface area contributed by atoms with Crippen LogP contribution in [0.4, 0.5) is 0 Å². The van der Waals surface area contributed by atoms with Gasteiger partial charge in [-0.05, 0) is 26.2 Å². The normalized spacial score (nSPS) is 21.8. The summed E-state index contributed by atoms with van der Waals surface area (Å²) in [6.45, 7) is 8.46. The second-order valence-corrected chi connectivity index (χ2v) is 6.27. The first-order chi connectivity index (χ1) is 10.1. The molecule has 0 radical (unpaired) electrons. The van der Waals surface area contributed by atoms with Crippen LogP contribution in [0.1, 0.15) is 33.1 Å². The molecule has 2 fully saturated rings. The van der Waals surface area contributed by atoms with Gasteiger partial charge in [-0.15, -0.1) is 0 Å². The summed E-state index contributed by atoms with van der Waals surface area (Å²) in [6.07, 6.45) is 3.21. The van der Waals surface area contributed by atoms with Crippen LogP contribution in [0.3, 0.4) is 0 Å². The lowest BCUT2D eigenvalue weighted by Crippen LogP contribution is -2.52. The van der Waals surface area contributed by atoms with Crippen molar-refractivity contribution in [2.45, 2.75) is 45.2 Å². The van der Waals surface area contributed by atoms with Gasteiger partial charge in [0.1, 0.15) is 0 Å². The first-order valence-corrected chi connectivity index (χ1v) is 8.10. The molecule has 2 N–H and O–H groups in total. The van der Waals surface area contributed by atoms with Crippen LogP contribution in [0.2, 0.25) is 0 Å². The van der Waals surface area contributed by atoms with E-state index in [1.807, 2.05) is 6.92 Å². The SMILES string of the molecule is CCC(C)NC(=O)CN1CCN(CC(=O)NC2CC2)CC1. The van der Waals surface area contributed by atoms with Crippen molar-refractivity contribution in [1.29, 1.82) is 0 Å². The van der Waals surface area contributed by atoms with Crippen LogP contribution in [0.5, 0.6) is 0 Å². The summed E-state index contributed by atoms with van der Waals surface area (Å²) in [6, 6.07) is 0.674. The summed E-state index contributed by atoms with van der Waals surface area (Å²) in [4.78, 5) is 27.9. The minimum absolute atomic E-state index is 0.101. The van der Waals surface area contributed by atoms with Crippen molar-refractivity contribution in [3.63, 3.8) is 0 Å². The van der Waals surface area contributed by atoms with Crippen molar-refractivity contribution in [3.8, 4) is 0 Å². The molecule has 0 aromatic heterocycles. The molecule has 0 bridgehead atoms. The van der Waals surface area contributed by atoms with E-state index in [0.29, 0.717) is 19.1 Å². The van der Waals surface area contributed by atoms with Crippen LogP contribution in [-0.2, 0) is 9.59 Å². The highest BCUT2D eigenvalue weighted by Crippen LogP contribution is 2.18. The van der Waals surface area contributed by atoms with Crippen LogP contribution < -0.4 is 10.6 Å². The molecule has 6 nitrogen and oxygen atoms in total. The average Bonchev–Trinajstić information content (AvgIpc) is 3.24. The van der Waals surface area contributed by atoms with E-state index in [9.17, 15) is 9.59 Å². The molecule has 1 aliphatic heterocycles. The third-order valence-corrected chi connectivity index (χ3v) is 4.16. The molecule has 1 heterocycles. The van der Waals surface area contributed by atoms with Crippen molar-refractivity contribution in [2.24, 2.45) is 0 Å². The lowest BCUT2D eigenvalue weighted by Gasteiger charge is -2.34. The summed E-state index contributed by atoms with van der Waals surface area (Å²) in [5, 5.41) is 6.00. The second-order valence-electron chi connectivity index (χ2n) is 6.27. The Labute approximate surface area is 127 Å². The monoisotopic (exact) mass is 296 g/mol. The van der Waals surface area contributed by atoms with Gasteiger partial charge in [-0.25, -0.2) is 0 Å². The van der Waals surface area contributed by atoms with Crippen LogP contribution >= 0.6 is 0 Å². The van der Waals surface area contributed by atoms with Gasteiger partial charge in [0.2, 0.25) is 11.8 Å². The van der Waals surface area contributed by atoms with E-state index in [-0.39, 0.29) is 17.9 Å². The first-order valence-electron chi connectivity index (χ1n) is 8.10. The van der Waals surface area contributed by atoms with Crippen LogP contribution in [0, 0.1) is 0 Å². The van der Waals surface area contributed by atoms with Crippen molar-refractivity contribution in [2.75, 3.05) is 39.3 Å². The van der Waals surface area contributed by atoms with E-state index in [1.54, 1.807) is 0 Å². The Hall–Kier alpha value is -1.14. The van der Waals surface area contributed by atoms with Gasteiger partial charge < -0.3 is 10.6 Å². The third kappa shape index (κ3) is 6.01. The zero-order valence-corrected chi connectivity index (χ0v) is 13.2. The molecule has 2 aliphatic rings. The fraction of sp³-hybridized carbons (Fsp3) is 0.867. The number of hydrogen-bond donors (Lipinski definition) is 2. The molecule has 0 spiro atoms. The molecule has 0 aromatic carbocycles. The topological polar surface area (TPSA) is 64.7 Å². The molecule has 6 heteroatoms. The maximum Gasteiger partial charge on any atom is 0.234 e. The Morgan fingerprint density at radius 1 is 1.05 bits per heavy atom. The third-order valence-electron chi connectivity index (χ3n) is 4.16. The highest BCUT2D eigenvalue weighted by Gasteiger charge is 2.25. The average molecular weight is 296 g/mol. The molecule has 21 heavy (non-hydrogen) atoms. The summed E-state index contributed by atoms with van der Waals surface area (Å²) in [7, 11) is 0. The summed E-state index contributed by atoms with van der Waals surface area (Å²) >= 11 is 0. The van der Waals surface area contributed by atoms with E-state index in [1.165, 1.54) is 0 Å². The Kier molecular flexibility index (Phi) is 5.99. The number of hydrogen-bond acceptors (Lipinski definition) is 4. The van der Waals surface area contributed by atoms with Crippen LogP contribution in [0.15, 0.2) is 0 Å². The Morgan fingerprint density at radius 2 is 1.57 bits per heavy atom. The first kappa shape index (κ1) is 16.2. The Bertz CT molecular complexity index is 363. The summed E-state index contributed by atoms with van der Waals surface area (Å²) < 4.78 is 0. The van der Waals surface area contributed by atoms with Crippen molar-refractivity contribution in [1.82, 2.24) is 20.4 Å². The standard InChI is InChI=1S/C15H28N4O2/c1-3-12(2)16-14(20)10-18-6-8-19(9-7-18)11-15(21)17-13-4-5-13/h12-13H,3-11H2,1-2H3,(H,16,20)(H,17,21). The van der Waals surface area contributed by atoms with Crippen molar-refractivity contribution < 1.29 is 9.59 Å². The van der Waals surface area contributed by atoms with Gasteiger partial charge in [0.05, 0.1) is 13.1 Å². The van der Waals surface area contributed by atoms with Crippen molar-refractivity contribution in [3.05, 3.63) is 0 Å². The van der Waals surface area contributed by atoms with E-state index in [0.717, 1.165) is 45.4 Å². The molecule has 120 valence electrons. The number of amides is 2. The second kappa shape index (κ2) is 7.75. The van der Waals surface area contributed by atoms with Crippen LogP contribution in [-0.4, -0.2) is 73.0 Å². The molecule has 2 rings (SSSR count). The number of carbonyl (C=O) groups is 2. The Balaban J connectivity index is 1.61. The zero-order chi connectivity index (χ0) is 15.2. The molecule has 2 amide bonds. The van der Waals surface area contributed by atoms with E-state index in [2.05, 4.69) is 27.4 Å². The van der Waals surface area contributed by atoms with Gasteiger partial charge in [-0.3, -0.25) is 19.4 Å². The lowest BCUT2D eigenvalue weighted by molar-refractivity contribution is -0.125. The molecule has 1 unspecified atom stereocenters. The van der Waals surface area contributed by atoms with Crippen LogP contribution in [0.25, 0.3) is 0 Å². The quantitative estimate of drug-likeness (QED) is 0.683. The lowest BCUT2D eigenvalue weighted by atomic mass is 10.2. The van der Waals surface area contributed by atoms with Crippen molar-refractivity contribution >= 4 is 11.8 Å². The Morgan fingerprint density at radius 3 is 2.05 bits per heavy atom. The maximum absolute atomic E-state index is 11.8. The van der Waals surface area contributed by atoms with Gasteiger partial charge in [-0.1, -0.05) is 6.92 Å². The largest absolute Gasteiger partial charge is 0.353 e. The predicted octanol–water partition coefficient (Wildman–Crippen LogP) is -0.203. The minimum Gasteiger partial charge on any atom is -0.353 e. The number of nitrogens with one attached hydrogen (secondary N) is 2. The van der Waals surface area contributed by atoms with Gasteiger partial charge >= 0.3 is 0 Å². The number of rotatable bonds is 7. The molecule has 0 aromatic rings. The van der Waals surface area contributed by atoms with Gasteiger partial charge in [0.15, 0.2) is 0 Å². The summed E-state index contributed by atoms with van der Waals surface area (Å²) in [5.41, 5.74) is 0. The van der Waals surface area contributed by atoms with Gasteiger partial charge in [0, 0.05) is 38.3 Å². The predicted molar refractivity (Wildman–Crippen MR) is 81.9 cm³/mol. The maximum atomic E-state index is 11.8. The fourth-order valence-electron chi connectivity index (χ4n) is 2.44. The molecule has 1 saturated carbocycles. The molecule has 1 aliphatic carbocycles. The molecule has 1 saturated heterocycles. The van der Waals surface area contributed by atoms with Gasteiger partial charge in [0.25, 0.3) is 0 Å². The zero-order valence-electron chi connectivity index (χ0n) is 13.2.